The van der Waals surface area contributed by atoms with Crippen LogP contribution in [0.4, 0.5) is 0 Å². The van der Waals surface area contributed by atoms with E-state index in [2.05, 4.69) is 0 Å². The van der Waals surface area contributed by atoms with Gasteiger partial charge in [-0.25, -0.2) is 0 Å². The van der Waals surface area contributed by atoms with Gasteiger partial charge in [-0.3, -0.25) is 4.79 Å². The van der Waals surface area contributed by atoms with Crippen molar-refractivity contribution in [3.63, 3.8) is 0 Å². The number of benzene rings is 2. The SMILES string of the molecule is CC(=O)c1ccccc1Oc1ccc(C#N)cc1. The average molecular weight is 237 g/mol. The molecule has 3 heteroatoms. The Bertz CT molecular complexity index is 609. The van der Waals surface area contributed by atoms with Gasteiger partial charge < -0.3 is 4.74 Å². The number of ether oxygens (including phenoxy) is 1. The van der Waals surface area contributed by atoms with Crippen molar-refractivity contribution in [2.24, 2.45) is 0 Å². The Morgan fingerprint density at radius 3 is 2.39 bits per heavy atom. The summed E-state index contributed by atoms with van der Waals surface area (Å²) in [7, 11) is 0. The van der Waals surface area contributed by atoms with Crippen LogP contribution in [0, 0.1) is 11.3 Å². The molecule has 0 N–H and O–H groups in total. The van der Waals surface area contributed by atoms with Crippen LogP contribution in [0.1, 0.15) is 22.8 Å². The second kappa shape index (κ2) is 5.15. The Hall–Kier alpha value is -2.60. The molecule has 0 atom stereocenters. The molecule has 0 aliphatic rings. The summed E-state index contributed by atoms with van der Waals surface area (Å²) in [5, 5.41) is 8.70. The third-order valence-electron chi connectivity index (χ3n) is 2.48. The molecule has 0 heterocycles. The molecule has 0 saturated carbocycles. The van der Waals surface area contributed by atoms with Crippen LogP contribution in [-0.4, -0.2) is 5.78 Å². The van der Waals surface area contributed by atoms with Crippen molar-refractivity contribution in [2.75, 3.05) is 0 Å². The zero-order valence-electron chi connectivity index (χ0n) is 9.88. The third-order valence-corrected chi connectivity index (χ3v) is 2.48. The number of Topliss-reactive ketones (excluding diaryl/α,β-unsaturated/α-hetero) is 1. The summed E-state index contributed by atoms with van der Waals surface area (Å²) in [6, 6.07) is 15.9. The number of rotatable bonds is 3. The highest BCUT2D eigenvalue weighted by Gasteiger charge is 2.08. The summed E-state index contributed by atoms with van der Waals surface area (Å²) >= 11 is 0. The predicted molar refractivity (Wildman–Crippen MR) is 67.7 cm³/mol. The van der Waals surface area contributed by atoms with Crippen molar-refractivity contribution < 1.29 is 9.53 Å². The summed E-state index contributed by atoms with van der Waals surface area (Å²) in [6.07, 6.45) is 0. The standard InChI is InChI=1S/C15H11NO2/c1-11(17)14-4-2-3-5-15(14)18-13-8-6-12(10-16)7-9-13/h2-9H,1H3. The number of carbonyl (C=O) groups is 1. The van der Waals surface area contributed by atoms with Crippen molar-refractivity contribution in [2.45, 2.75) is 6.92 Å². The average Bonchev–Trinajstić information content (AvgIpc) is 2.40. The number of nitrogens with zero attached hydrogens (tertiary/aromatic N) is 1. The van der Waals surface area contributed by atoms with Gasteiger partial charge >= 0.3 is 0 Å². The molecule has 2 rings (SSSR count). The summed E-state index contributed by atoms with van der Waals surface area (Å²) in [5.41, 5.74) is 1.11. The van der Waals surface area contributed by atoms with Crippen molar-refractivity contribution in [1.29, 1.82) is 5.26 Å². The molecule has 0 radical (unpaired) electrons. The Morgan fingerprint density at radius 2 is 1.78 bits per heavy atom. The van der Waals surface area contributed by atoms with Crippen LogP contribution >= 0.6 is 0 Å². The molecule has 0 amide bonds. The van der Waals surface area contributed by atoms with Gasteiger partial charge in [0.1, 0.15) is 11.5 Å². The molecule has 2 aromatic rings. The van der Waals surface area contributed by atoms with E-state index in [1.54, 1.807) is 42.5 Å². The molecule has 0 bridgehead atoms. The summed E-state index contributed by atoms with van der Waals surface area (Å²) < 4.78 is 5.64. The van der Waals surface area contributed by atoms with E-state index in [0.717, 1.165) is 0 Å². The minimum absolute atomic E-state index is 0.0424. The van der Waals surface area contributed by atoms with E-state index in [4.69, 9.17) is 10.00 Å². The number of para-hydroxylation sites is 1. The minimum atomic E-state index is -0.0424. The quantitative estimate of drug-likeness (QED) is 0.767. The highest BCUT2D eigenvalue weighted by atomic mass is 16.5. The van der Waals surface area contributed by atoms with Gasteiger partial charge in [0.25, 0.3) is 0 Å². The maximum Gasteiger partial charge on any atom is 0.163 e. The lowest BCUT2D eigenvalue weighted by atomic mass is 10.1. The lowest BCUT2D eigenvalue weighted by Gasteiger charge is -2.08. The highest BCUT2D eigenvalue weighted by molar-refractivity contribution is 5.96. The van der Waals surface area contributed by atoms with Gasteiger partial charge in [-0.05, 0) is 43.3 Å². The molecule has 0 spiro atoms. The van der Waals surface area contributed by atoms with Crippen LogP contribution in [0.15, 0.2) is 48.5 Å². The Labute approximate surface area is 105 Å². The fourth-order valence-corrected chi connectivity index (χ4v) is 1.57. The van der Waals surface area contributed by atoms with Gasteiger partial charge in [-0.2, -0.15) is 5.26 Å². The first-order valence-corrected chi connectivity index (χ1v) is 5.48. The van der Waals surface area contributed by atoms with Gasteiger partial charge in [-0.1, -0.05) is 12.1 Å². The van der Waals surface area contributed by atoms with Crippen LogP contribution in [-0.2, 0) is 0 Å². The Morgan fingerprint density at radius 1 is 1.11 bits per heavy atom. The molecule has 0 aromatic heterocycles. The second-order valence-corrected chi connectivity index (χ2v) is 3.79. The monoisotopic (exact) mass is 237 g/mol. The molecule has 0 fully saturated rings. The lowest BCUT2D eigenvalue weighted by molar-refractivity contribution is 0.101. The first-order chi connectivity index (χ1) is 8.70. The summed E-state index contributed by atoms with van der Waals surface area (Å²) in [5.74, 6) is 1.08. The van der Waals surface area contributed by atoms with Crippen LogP contribution in [0.3, 0.4) is 0 Å². The normalized spacial score (nSPS) is 9.56. The number of hydrogen-bond donors (Lipinski definition) is 0. The van der Waals surface area contributed by atoms with Crippen molar-refractivity contribution in [3.8, 4) is 17.6 Å². The van der Waals surface area contributed by atoms with Gasteiger partial charge in [0.2, 0.25) is 0 Å². The van der Waals surface area contributed by atoms with E-state index in [-0.39, 0.29) is 5.78 Å². The molecule has 88 valence electrons. The molecule has 0 aliphatic heterocycles. The molecule has 2 aromatic carbocycles. The Kier molecular flexibility index (Phi) is 3.40. The van der Waals surface area contributed by atoms with Gasteiger partial charge in [0.15, 0.2) is 5.78 Å². The number of ketones is 1. The van der Waals surface area contributed by atoms with Crippen molar-refractivity contribution in [3.05, 3.63) is 59.7 Å². The van der Waals surface area contributed by atoms with E-state index in [0.29, 0.717) is 22.6 Å². The van der Waals surface area contributed by atoms with Gasteiger partial charge in [-0.15, -0.1) is 0 Å². The maximum absolute atomic E-state index is 11.4. The first-order valence-electron chi connectivity index (χ1n) is 5.48. The molecule has 0 unspecified atom stereocenters. The zero-order valence-corrected chi connectivity index (χ0v) is 9.88. The largest absolute Gasteiger partial charge is 0.457 e. The second-order valence-electron chi connectivity index (χ2n) is 3.79. The zero-order chi connectivity index (χ0) is 13.0. The summed E-state index contributed by atoms with van der Waals surface area (Å²) in [6.45, 7) is 1.50. The number of hydrogen-bond acceptors (Lipinski definition) is 3. The van der Waals surface area contributed by atoms with E-state index < -0.39 is 0 Å². The molecular weight excluding hydrogens is 226 g/mol. The molecule has 0 aliphatic carbocycles. The van der Waals surface area contributed by atoms with Crippen molar-refractivity contribution in [1.82, 2.24) is 0 Å². The van der Waals surface area contributed by atoms with E-state index in [1.807, 2.05) is 12.1 Å². The van der Waals surface area contributed by atoms with Crippen LogP contribution in [0.25, 0.3) is 0 Å². The maximum atomic E-state index is 11.4. The van der Waals surface area contributed by atoms with E-state index in [1.165, 1.54) is 6.92 Å². The first kappa shape index (κ1) is 11.9. The molecule has 3 nitrogen and oxygen atoms in total. The van der Waals surface area contributed by atoms with Crippen LogP contribution in [0.5, 0.6) is 11.5 Å². The predicted octanol–water partition coefficient (Wildman–Crippen LogP) is 3.55. The topological polar surface area (TPSA) is 50.1 Å². The summed E-state index contributed by atoms with van der Waals surface area (Å²) in [4.78, 5) is 11.4. The fourth-order valence-electron chi connectivity index (χ4n) is 1.57. The minimum Gasteiger partial charge on any atom is -0.457 e. The van der Waals surface area contributed by atoms with Crippen molar-refractivity contribution >= 4 is 5.78 Å². The number of nitriles is 1. The lowest BCUT2D eigenvalue weighted by Crippen LogP contribution is -1.96. The van der Waals surface area contributed by atoms with Gasteiger partial charge in [0, 0.05) is 0 Å². The third kappa shape index (κ3) is 2.55. The molecule has 18 heavy (non-hydrogen) atoms. The van der Waals surface area contributed by atoms with Crippen LogP contribution in [0.2, 0.25) is 0 Å². The van der Waals surface area contributed by atoms with E-state index >= 15 is 0 Å². The van der Waals surface area contributed by atoms with E-state index in [9.17, 15) is 4.79 Å². The Balaban J connectivity index is 2.28. The molecular formula is C15H11NO2. The number of carbonyl (C=O) groups excluding carboxylic acids is 1. The fraction of sp³-hybridized carbons (Fsp3) is 0.0667. The highest BCUT2D eigenvalue weighted by Crippen LogP contribution is 2.25. The smallest absolute Gasteiger partial charge is 0.163 e. The van der Waals surface area contributed by atoms with Crippen LogP contribution < -0.4 is 4.74 Å². The van der Waals surface area contributed by atoms with Gasteiger partial charge in [0.05, 0.1) is 17.2 Å². The molecule has 0 saturated heterocycles.